The lowest BCUT2D eigenvalue weighted by molar-refractivity contribution is -0.122. The Bertz CT molecular complexity index is 409. The fraction of sp³-hybridized carbons (Fsp3) is 0.600. The predicted molar refractivity (Wildman–Crippen MR) is 75.6 cm³/mol. The fourth-order valence-electron chi connectivity index (χ4n) is 3.03. The molecular formula is C15H23N3O. The summed E-state index contributed by atoms with van der Waals surface area (Å²) in [7, 11) is 0. The van der Waals surface area contributed by atoms with Gasteiger partial charge in [-0.2, -0.15) is 0 Å². The number of amides is 1. The van der Waals surface area contributed by atoms with E-state index >= 15 is 0 Å². The number of rotatable bonds is 3. The van der Waals surface area contributed by atoms with E-state index in [4.69, 9.17) is 5.73 Å². The summed E-state index contributed by atoms with van der Waals surface area (Å²) in [6, 6.07) is 4.26. The largest absolute Gasteiger partial charge is 0.352 e. The van der Waals surface area contributed by atoms with Gasteiger partial charge in [0.25, 0.3) is 0 Å². The van der Waals surface area contributed by atoms with Gasteiger partial charge in [0, 0.05) is 30.9 Å². The smallest absolute Gasteiger partial charge is 0.219 e. The van der Waals surface area contributed by atoms with E-state index in [1.807, 2.05) is 19.3 Å². The average Bonchev–Trinajstić information content (AvgIpc) is 2.43. The van der Waals surface area contributed by atoms with Crippen molar-refractivity contribution in [1.29, 1.82) is 0 Å². The minimum absolute atomic E-state index is 0.0254. The van der Waals surface area contributed by atoms with E-state index in [0.29, 0.717) is 18.3 Å². The Morgan fingerprint density at radius 1 is 1.42 bits per heavy atom. The number of carbonyl (C=O) groups is 1. The molecule has 0 aromatic carbocycles. The zero-order chi connectivity index (χ0) is 13.8. The number of pyridine rings is 1. The van der Waals surface area contributed by atoms with Gasteiger partial charge in [-0.1, -0.05) is 13.8 Å². The van der Waals surface area contributed by atoms with Gasteiger partial charge in [0.1, 0.15) is 0 Å². The molecule has 19 heavy (non-hydrogen) atoms. The van der Waals surface area contributed by atoms with Crippen LogP contribution in [-0.2, 0) is 4.79 Å². The number of hydrogen-bond acceptors (Lipinski definition) is 3. The van der Waals surface area contributed by atoms with Crippen molar-refractivity contribution in [3.63, 3.8) is 0 Å². The Kier molecular flexibility index (Phi) is 4.53. The molecule has 1 aliphatic rings. The molecule has 1 fully saturated rings. The summed E-state index contributed by atoms with van der Waals surface area (Å²) < 4.78 is 0. The number of carbonyl (C=O) groups excluding carboxylic acids is 1. The Morgan fingerprint density at radius 3 is 2.68 bits per heavy atom. The zero-order valence-corrected chi connectivity index (χ0v) is 11.7. The van der Waals surface area contributed by atoms with Gasteiger partial charge in [0.05, 0.1) is 0 Å². The van der Waals surface area contributed by atoms with E-state index in [1.54, 1.807) is 0 Å². The van der Waals surface area contributed by atoms with Gasteiger partial charge in [0.15, 0.2) is 0 Å². The van der Waals surface area contributed by atoms with Crippen LogP contribution < -0.4 is 11.1 Å². The van der Waals surface area contributed by atoms with Crippen molar-refractivity contribution >= 4 is 5.91 Å². The Hall–Kier alpha value is -1.42. The maximum atomic E-state index is 11.5. The second-order valence-corrected chi connectivity index (χ2v) is 5.54. The first-order valence-electron chi connectivity index (χ1n) is 7.06. The standard InChI is InChI=1S/C15H23N3O/c1-3-14(19)18-15-10(2)8-12(9-13(15)16)11-4-6-17-7-5-11/h4-7,10,12-13,15H,3,8-9,16H2,1-2H3,(H,18,19)/t10-,12+,13+,15-/m0/s1. The molecule has 3 N–H and O–H groups in total. The third-order valence-electron chi connectivity index (χ3n) is 4.11. The lowest BCUT2D eigenvalue weighted by atomic mass is 9.73. The summed E-state index contributed by atoms with van der Waals surface area (Å²) in [6.45, 7) is 4.04. The van der Waals surface area contributed by atoms with E-state index in [-0.39, 0.29) is 18.0 Å². The molecule has 0 radical (unpaired) electrons. The monoisotopic (exact) mass is 261 g/mol. The molecule has 0 bridgehead atoms. The van der Waals surface area contributed by atoms with Crippen LogP contribution >= 0.6 is 0 Å². The first-order valence-corrected chi connectivity index (χ1v) is 7.06. The first kappa shape index (κ1) is 14.0. The van der Waals surface area contributed by atoms with E-state index in [2.05, 4.69) is 29.4 Å². The minimum Gasteiger partial charge on any atom is -0.352 e. The normalized spacial score (nSPS) is 30.9. The minimum atomic E-state index is 0.0254. The van der Waals surface area contributed by atoms with Crippen LogP contribution in [0.1, 0.15) is 44.6 Å². The summed E-state index contributed by atoms with van der Waals surface area (Å²) in [4.78, 5) is 15.6. The van der Waals surface area contributed by atoms with Crippen molar-refractivity contribution < 1.29 is 4.79 Å². The van der Waals surface area contributed by atoms with Crippen molar-refractivity contribution in [2.75, 3.05) is 0 Å². The molecule has 1 aromatic heterocycles. The maximum Gasteiger partial charge on any atom is 0.219 e. The highest BCUT2D eigenvalue weighted by atomic mass is 16.1. The number of aromatic nitrogens is 1. The van der Waals surface area contributed by atoms with E-state index in [0.717, 1.165) is 12.8 Å². The third-order valence-corrected chi connectivity index (χ3v) is 4.11. The van der Waals surface area contributed by atoms with Crippen LogP contribution in [0.25, 0.3) is 0 Å². The molecule has 1 aromatic rings. The Labute approximate surface area is 114 Å². The molecule has 4 heteroatoms. The van der Waals surface area contributed by atoms with Crippen molar-refractivity contribution in [3.05, 3.63) is 30.1 Å². The topological polar surface area (TPSA) is 68.0 Å². The van der Waals surface area contributed by atoms with Crippen molar-refractivity contribution in [2.24, 2.45) is 11.7 Å². The summed E-state index contributed by atoms with van der Waals surface area (Å²) in [5.41, 5.74) is 7.57. The highest BCUT2D eigenvalue weighted by Gasteiger charge is 2.34. The number of hydrogen-bond donors (Lipinski definition) is 2. The predicted octanol–water partition coefficient (Wildman–Crippen LogP) is 1.82. The summed E-state index contributed by atoms with van der Waals surface area (Å²) in [6.07, 6.45) is 6.16. The molecular weight excluding hydrogens is 238 g/mol. The Balaban J connectivity index is 2.04. The van der Waals surface area contributed by atoms with Crippen molar-refractivity contribution in [2.45, 2.75) is 51.1 Å². The second-order valence-electron chi connectivity index (χ2n) is 5.54. The van der Waals surface area contributed by atoms with Crippen LogP contribution in [0.5, 0.6) is 0 Å². The SMILES string of the molecule is CCC(=O)N[C@@H]1[C@H](N)C[C@H](c2ccncc2)C[C@@H]1C. The number of nitrogens with one attached hydrogen (secondary N) is 1. The zero-order valence-electron chi connectivity index (χ0n) is 11.7. The summed E-state index contributed by atoms with van der Waals surface area (Å²) >= 11 is 0. The quantitative estimate of drug-likeness (QED) is 0.872. The maximum absolute atomic E-state index is 11.5. The highest BCUT2D eigenvalue weighted by molar-refractivity contribution is 5.76. The van der Waals surface area contributed by atoms with Gasteiger partial charge < -0.3 is 11.1 Å². The molecule has 4 atom stereocenters. The number of nitrogens with two attached hydrogens (primary N) is 1. The van der Waals surface area contributed by atoms with Crippen LogP contribution in [0, 0.1) is 5.92 Å². The van der Waals surface area contributed by atoms with E-state index in [9.17, 15) is 4.79 Å². The summed E-state index contributed by atoms with van der Waals surface area (Å²) in [5.74, 6) is 0.967. The highest BCUT2D eigenvalue weighted by Crippen LogP contribution is 2.35. The molecule has 1 amide bonds. The molecule has 104 valence electrons. The lowest BCUT2D eigenvalue weighted by Crippen LogP contribution is -2.54. The van der Waals surface area contributed by atoms with Gasteiger partial charge in [0.2, 0.25) is 5.91 Å². The van der Waals surface area contributed by atoms with Crippen LogP contribution in [0.3, 0.4) is 0 Å². The van der Waals surface area contributed by atoms with Crippen molar-refractivity contribution in [3.8, 4) is 0 Å². The van der Waals surface area contributed by atoms with Crippen LogP contribution in [0.15, 0.2) is 24.5 Å². The van der Waals surface area contributed by atoms with E-state index in [1.165, 1.54) is 5.56 Å². The van der Waals surface area contributed by atoms with E-state index < -0.39 is 0 Å². The molecule has 0 saturated heterocycles. The molecule has 0 unspecified atom stereocenters. The molecule has 4 nitrogen and oxygen atoms in total. The van der Waals surface area contributed by atoms with Crippen LogP contribution in [-0.4, -0.2) is 23.0 Å². The van der Waals surface area contributed by atoms with Gasteiger partial charge in [-0.3, -0.25) is 9.78 Å². The van der Waals surface area contributed by atoms with Crippen LogP contribution in [0.2, 0.25) is 0 Å². The van der Waals surface area contributed by atoms with Gasteiger partial charge in [-0.25, -0.2) is 0 Å². The van der Waals surface area contributed by atoms with Crippen molar-refractivity contribution in [1.82, 2.24) is 10.3 Å². The Morgan fingerprint density at radius 2 is 2.11 bits per heavy atom. The molecule has 1 heterocycles. The molecule has 0 spiro atoms. The molecule has 1 saturated carbocycles. The van der Waals surface area contributed by atoms with Crippen LogP contribution in [0.4, 0.5) is 0 Å². The van der Waals surface area contributed by atoms with Gasteiger partial charge in [-0.15, -0.1) is 0 Å². The summed E-state index contributed by atoms with van der Waals surface area (Å²) in [5, 5.41) is 3.06. The fourth-order valence-corrected chi connectivity index (χ4v) is 3.03. The first-order chi connectivity index (χ1) is 9.11. The van der Waals surface area contributed by atoms with Gasteiger partial charge in [-0.05, 0) is 42.4 Å². The third kappa shape index (κ3) is 3.32. The number of nitrogens with zero attached hydrogens (tertiary/aromatic N) is 1. The molecule has 2 rings (SSSR count). The second kappa shape index (κ2) is 6.15. The van der Waals surface area contributed by atoms with Gasteiger partial charge >= 0.3 is 0 Å². The molecule has 0 aliphatic heterocycles. The lowest BCUT2D eigenvalue weighted by Gasteiger charge is -2.39. The average molecular weight is 261 g/mol. The molecule has 1 aliphatic carbocycles.